The molecule has 1 amide bonds. The van der Waals surface area contributed by atoms with Crippen molar-refractivity contribution < 1.29 is 19.4 Å². The van der Waals surface area contributed by atoms with Crippen LogP contribution in [0.25, 0.3) is 0 Å². The van der Waals surface area contributed by atoms with Gasteiger partial charge in [0.2, 0.25) is 0 Å². The third-order valence-corrected chi connectivity index (χ3v) is 1.30. The molecular formula is C6H7NO4. The molecule has 5 nitrogen and oxygen atoms in total. The first-order valence-corrected chi connectivity index (χ1v) is 2.94. The van der Waals surface area contributed by atoms with Crippen molar-refractivity contribution in [2.24, 2.45) is 0 Å². The van der Waals surface area contributed by atoms with Crippen molar-refractivity contribution in [3.63, 3.8) is 0 Å². The standard InChI is InChI=1S/C6H7NO4/c1-11-6(10)3-2-4(8)5(9)7-3/h2-3,8H,1H3,(H,7,9). The third-order valence-electron chi connectivity index (χ3n) is 1.30. The van der Waals surface area contributed by atoms with Crippen LogP contribution in [0.2, 0.25) is 0 Å². The fourth-order valence-electron chi connectivity index (χ4n) is 0.744. The Balaban J connectivity index is 2.68. The van der Waals surface area contributed by atoms with Crippen LogP contribution in [0.15, 0.2) is 11.8 Å². The number of amides is 1. The van der Waals surface area contributed by atoms with Gasteiger partial charge in [-0.1, -0.05) is 0 Å². The van der Waals surface area contributed by atoms with E-state index in [-0.39, 0.29) is 0 Å². The quantitative estimate of drug-likeness (QED) is 0.483. The first-order valence-electron chi connectivity index (χ1n) is 2.94. The van der Waals surface area contributed by atoms with Gasteiger partial charge in [0.05, 0.1) is 7.11 Å². The number of hydrogen-bond donors (Lipinski definition) is 2. The second-order valence-corrected chi connectivity index (χ2v) is 2.03. The molecular weight excluding hydrogens is 150 g/mol. The van der Waals surface area contributed by atoms with E-state index in [1.165, 1.54) is 7.11 Å². The molecule has 1 rings (SSSR count). The summed E-state index contributed by atoms with van der Waals surface area (Å²) in [5, 5.41) is 11.0. The molecule has 60 valence electrons. The highest BCUT2D eigenvalue weighted by Crippen LogP contribution is 2.04. The number of carbonyl (C=O) groups is 2. The van der Waals surface area contributed by atoms with Crippen molar-refractivity contribution in [1.82, 2.24) is 5.32 Å². The van der Waals surface area contributed by atoms with E-state index < -0.39 is 23.7 Å². The molecule has 0 aliphatic carbocycles. The van der Waals surface area contributed by atoms with Crippen LogP contribution in [-0.2, 0) is 14.3 Å². The summed E-state index contributed by atoms with van der Waals surface area (Å²) in [7, 11) is 1.21. The summed E-state index contributed by atoms with van der Waals surface area (Å²) in [5.74, 6) is -1.69. The monoisotopic (exact) mass is 157 g/mol. The summed E-state index contributed by atoms with van der Waals surface area (Å²) >= 11 is 0. The Labute approximate surface area is 62.6 Å². The molecule has 0 aromatic rings. The zero-order valence-electron chi connectivity index (χ0n) is 5.83. The van der Waals surface area contributed by atoms with Crippen LogP contribution in [-0.4, -0.2) is 30.1 Å². The van der Waals surface area contributed by atoms with Gasteiger partial charge in [-0.05, 0) is 6.08 Å². The molecule has 1 aliphatic heterocycles. The Bertz CT molecular complexity index is 233. The predicted molar refractivity (Wildman–Crippen MR) is 34.7 cm³/mol. The molecule has 0 bridgehead atoms. The predicted octanol–water partition coefficient (Wildman–Crippen LogP) is -0.900. The van der Waals surface area contributed by atoms with Crippen LogP contribution in [0.1, 0.15) is 0 Å². The molecule has 1 aliphatic rings. The maximum atomic E-state index is 10.7. The van der Waals surface area contributed by atoms with Gasteiger partial charge in [0, 0.05) is 0 Å². The molecule has 0 saturated carbocycles. The molecule has 11 heavy (non-hydrogen) atoms. The van der Waals surface area contributed by atoms with Gasteiger partial charge in [-0.3, -0.25) is 4.79 Å². The van der Waals surface area contributed by atoms with Gasteiger partial charge in [-0.25, -0.2) is 4.79 Å². The van der Waals surface area contributed by atoms with E-state index in [4.69, 9.17) is 5.11 Å². The van der Waals surface area contributed by atoms with E-state index in [0.29, 0.717) is 0 Å². The Morgan fingerprint density at radius 1 is 1.82 bits per heavy atom. The van der Waals surface area contributed by atoms with Crippen molar-refractivity contribution in [2.75, 3.05) is 7.11 Å². The first-order chi connectivity index (χ1) is 5.15. The summed E-state index contributed by atoms with van der Waals surface area (Å²) in [6, 6.07) is -0.840. The Hall–Kier alpha value is -1.52. The average Bonchev–Trinajstić information content (AvgIpc) is 2.31. The maximum absolute atomic E-state index is 10.7. The molecule has 0 spiro atoms. The number of aliphatic hydroxyl groups excluding tert-OH is 1. The van der Waals surface area contributed by atoms with E-state index >= 15 is 0 Å². The van der Waals surface area contributed by atoms with Gasteiger partial charge in [0.1, 0.15) is 6.04 Å². The van der Waals surface area contributed by atoms with Crippen LogP contribution in [0.3, 0.4) is 0 Å². The van der Waals surface area contributed by atoms with Crippen LogP contribution in [0, 0.1) is 0 Å². The van der Waals surface area contributed by atoms with Gasteiger partial charge in [-0.15, -0.1) is 0 Å². The minimum Gasteiger partial charge on any atom is -0.503 e. The van der Waals surface area contributed by atoms with Crippen LogP contribution in [0.4, 0.5) is 0 Å². The SMILES string of the molecule is COC(=O)C1C=C(O)C(=O)N1. The number of aliphatic hydroxyl groups is 1. The zero-order chi connectivity index (χ0) is 8.43. The fraction of sp³-hybridized carbons (Fsp3) is 0.333. The highest BCUT2D eigenvalue weighted by atomic mass is 16.5. The van der Waals surface area contributed by atoms with Crippen LogP contribution < -0.4 is 5.32 Å². The maximum Gasteiger partial charge on any atom is 0.332 e. The summed E-state index contributed by atoms with van der Waals surface area (Å²) in [6.07, 6.45) is 1.11. The molecule has 0 fully saturated rings. The van der Waals surface area contributed by atoms with Crippen molar-refractivity contribution in [3.05, 3.63) is 11.8 Å². The Morgan fingerprint density at radius 3 is 2.82 bits per heavy atom. The second kappa shape index (κ2) is 2.61. The minimum atomic E-state index is -0.840. The number of carbonyl (C=O) groups excluding carboxylic acids is 2. The Kier molecular flexibility index (Phi) is 1.80. The lowest BCUT2D eigenvalue weighted by molar-refractivity contribution is -0.142. The average molecular weight is 157 g/mol. The largest absolute Gasteiger partial charge is 0.503 e. The van der Waals surface area contributed by atoms with Crippen molar-refractivity contribution in [2.45, 2.75) is 6.04 Å². The van der Waals surface area contributed by atoms with Gasteiger partial charge in [-0.2, -0.15) is 0 Å². The lowest BCUT2D eigenvalue weighted by Crippen LogP contribution is -2.34. The molecule has 0 aromatic carbocycles. The molecule has 0 saturated heterocycles. The summed E-state index contributed by atoms with van der Waals surface area (Å²) in [4.78, 5) is 21.3. The highest BCUT2D eigenvalue weighted by Gasteiger charge is 2.28. The lowest BCUT2D eigenvalue weighted by Gasteiger charge is -2.03. The zero-order valence-corrected chi connectivity index (χ0v) is 5.83. The van der Waals surface area contributed by atoms with Crippen molar-refractivity contribution in [3.8, 4) is 0 Å². The van der Waals surface area contributed by atoms with Gasteiger partial charge >= 0.3 is 5.97 Å². The van der Waals surface area contributed by atoms with Crippen LogP contribution >= 0.6 is 0 Å². The van der Waals surface area contributed by atoms with E-state index in [2.05, 4.69) is 10.1 Å². The van der Waals surface area contributed by atoms with E-state index in [1.54, 1.807) is 0 Å². The van der Waals surface area contributed by atoms with E-state index in [0.717, 1.165) is 6.08 Å². The number of esters is 1. The molecule has 0 aromatic heterocycles. The summed E-state index contributed by atoms with van der Waals surface area (Å²) < 4.78 is 4.32. The second-order valence-electron chi connectivity index (χ2n) is 2.03. The number of ether oxygens (including phenoxy) is 1. The lowest BCUT2D eigenvalue weighted by atomic mass is 10.3. The fourth-order valence-corrected chi connectivity index (χ4v) is 0.744. The van der Waals surface area contributed by atoms with E-state index in [1.807, 2.05) is 0 Å². The van der Waals surface area contributed by atoms with Crippen molar-refractivity contribution in [1.29, 1.82) is 0 Å². The molecule has 1 unspecified atom stereocenters. The number of methoxy groups -OCH3 is 1. The summed E-state index contributed by atoms with van der Waals surface area (Å²) in [5.41, 5.74) is 0. The molecule has 0 radical (unpaired) electrons. The minimum absolute atomic E-state index is 0.444. The molecule has 1 heterocycles. The Morgan fingerprint density at radius 2 is 2.45 bits per heavy atom. The van der Waals surface area contributed by atoms with E-state index in [9.17, 15) is 9.59 Å². The van der Waals surface area contributed by atoms with Crippen molar-refractivity contribution >= 4 is 11.9 Å². The van der Waals surface area contributed by atoms with Crippen LogP contribution in [0.5, 0.6) is 0 Å². The first kappa shape index (κ1) is 7.59. The highest BCUT2D eigenvalue weighted by molar-refractivity contribution is 5.99. The normalized spacial score (nSPS) is 22.5. The summed E-state index contributed by atoms with van der Waals surface area (Å²) in [6.45, 7) is 0. The molecule has 1 atom stereocenters. The number of hydrogen-bond acceptors (Lipinski definition) is 4. The third kappa shape index (κ3) is 1.31. The van der Waals surface area contributed by atoms with Gasteiger partial charge in [0.15, 0.2) is 5.76 Å². The number of nitrogens with one attached hydrogen (secondary N) is 1. The molecule has 2 N–H and O–H groups in total. The van der Waals surface area contributed by atoms with Gasteiger partial charge in [0.25, 0.3) is 5.91 Å². The van der Waals surface area contributed by atoms with Gasteiger partial charge < -0.3 is 15.2 Å². The smallest absolute Gasteiger partial charge is 0.332 e. The topological polar surface area (TPSA) is 75.6 Å². The number of rotatable bonds is 1. The molecule has 5 heteroatoms.